The summed E-state index contributed by atoms with van der Waals surface area (Å²) in [6.45, 7) is 7.78. The van der Waals surface area contributed by atoms with Crippen LogP contribution in [0.4, 0.5) is 0 Å². The molecule has 0 bridgehead atoms. The van der Waals surface area contributed by atoms with E-state index in [4.69, 9.17) is 4.52 Å². The lowest BCUT2D eigenvalue weighted by atomic mass is 9.98. The number of nitrogens with zero attached hydrogens (tertiary/aromatic N) is 2. The van der Waals surface area contributed by atoms with Crippen LogP contribution in [0.25, 0.3) is 0 Å². The molecule has 2 N–H and O–H groups in total. The van der Waals surface area contributed by atoms with Crippen molar-refractivity contribution in [3.05, 3.63) is 41.5 Å². The number of amides is 1. The topological polar surface area (TPSA) is 74.2 Å². The number of piperidine rings is 1. The van der Waals surface area contributed by atoms with Gasteiger partial charge in [0, 0.05) is 25.4 Å². The average molecular weight is 330 g/mol. The van der Waals surface area contributed by atoms with E-state index in [0.717, 1.165) is 43.9 Å². The molecule has 6 heteroatoms. The molecule has 0 aromatic carbocycles. The zero-order valence-electron chi connectivity index (χ0n) is 14.4. The quantitative estimate of drug-likeness (QED) is 0.854. The van der Waals surface area contributed by atoms with E-state index in [2.05, 4.69) is 40.3 Å². The van der Waals surface area contributed by atoms with Gasteiger partial charge in [-0.25, -0.2) is 0 Å². The molecule has 0 radical (unpaired) electrons. The van der Waals surface area contributed by atoms with Crippen molar-refractivity contribution in [3.63, 3.8) is 0 Å². The van der Waals surface area contributed by atoms with E-state index in [9.17, 15) is 4.79 Å². The number of carbonyl (C=O) groups excluding carboxylic acids is 1. The molecule has 1 atom stereocenters. The third kappa shape index (κ3) is 4.26. The van der Waals surface area contributed by atoms with Crippen LogP contribution >= 0.6 is 0 Å². The van der Waals surface area contributed by atoms with Crippen molar-refractivity contribution in [3.8, 4) is 0 Å². The average Bonchev–Trinajstić information content (AvgIpc) is 3.24. The van der Waals surface area contributed by atoms with Crippen molar-refractivity contribution >= 4 is 5.91 Å². The molecule has 3 heterocycles. The molecule has 3 rings (SSSR count). The Morgan fingerprint density at radius 3 is 3.12 bits per heavy atom. The number of likely N-dealkylation sites (tertiary alicyclic amines) is 1. The summed E-state index contributed by atoms with van der Waals surface area (Å²) in [4.78, 5) is 17.3. The maximum Gasteiger partial charge on any atom is 0.267 e. The van der Waals surface area contributed by atoms with Gasteiger partial charge in [-0.15, -0.1) is 0 Å². The fourth-order valence-electron chi connectivity index (χ4n) is 3.16. The van der Waals surface area contributed by atoms with Gasteiger partial charge in [-0.05, 0) is 43.4 Å². The Labute approximate surface area is 142 Å². The minimum Gasteiger partial charge on any atom is -0.360 e. The first-order valence-corrected chi connectivity index (χ1v) is 8.71. The highest BCUT2D eigenvalue weighted by atomic mass is 16.5. The fourth-order valence-corrected chi connectivity index (χ4v) is 3.16. The van der Waals surface area contributed by atoms with Gasteiger partial charge in [0.25, 0.3) is 5.91 Å². The molecule has 0 spiro atoms. The Morgan fingerprint density at radius 1 is 1.54 bits per heavy atom. The van der Waals surface area contributed by atoms with Gasteiger partial charge in [-0.2, -0.15) is 0 Å². The van der Waals surface area contributed by atoms with Crippen molar-refractivity contribution in [1.82, 2.24) is 20.4 Å². The predicted molar refractivity (Wildman–Crippen MR) is 91.7 cm³/mol. The van der Waals surface area contributed by atoms with Crippen molar-refractivity contribution in [2.45, 2.75) is 39.2 Å². The lowest BCUT2D eigenvalue weighted by molar-refractivity contribution is 0.0923. The molecule has 1 fully saturated rings. The standard InChI is InChI=1S/C18H26N4O2/c1-13(2)17-9-15(24-21-17)12-22-8-4-5-14(11-22)10-20-18(23)16-6-3-7-19-16/h3,6-7,9,13-14,19H,4-5,8,10-12H2,1-2H3,(H,20,23). The molecule has 6 nitrogen and oxygen atoms in total. The van der Waals surface area contributed by atoms with E-state index < -0.39 is 0 Å². The number of aromatic amines is 1. The fraction of sp³-hybridized carbons (Fsp3) is 0.556. The van der Waals surface area contributed by atoms with Crippen LogP contribution in [0.5, 0.6) is 0 Å². The molecule has 1 amide bonds. The molecule has 1 unspecified atom stereocenters. The molecule has 2 aromatic rings. The first-order valence-electron chi connectivity index (χ1n) is 8.71. The number of carbonyl (C=O) groups is 1. The maximum atomic E-state index is 12.0. The zero-order valence-corrected chi connectivity index (χ0v) is 14.4. The van der Waals surface area contributed by atoms with Gasteiger partial charge in [0.2, 0.25) is 0 Å². The third-order valence-corrected chi connectivity index (χ3v) is 4.55. The molecule has 0 aliphatic carbocycles. The molecule has 130 valence electrons. The summed E-state index contributed by atoms with van der Waals surface area (Å²) in [5.74, 6) is 1.76. The normalized spacial score (nSPS) is 18.9. The van der Waals surface area contributed by atoms with Crippen LogP contribution in [0.3, 0.4) is 0 Å². The van der Waals surface area contributed by atoms with Crippen LogP contribution in [0.15, 0.2) is 28.9 Å². The van der Waals surface area contributed by atoms with Crippen LogP contribution in [-0.2, 0) is 6.54 Å². The van der Waals surface area contributed by atoms with E-state index in [-0.39, 0.29) is 5.91 Å². The summed E-state index contributed by atoms with van der Waals surface area (Å²) < 4.78 is 5.45. The minimum atomic E-state index is -0.0334. The highest BCUT2D eigenvalue weighted by Gasteiger charge is 2.22. The molecule has 24 heavy (non-hydrogen) atoms. The maximum absolute atomic E-state index is 12.0. The van der Waals surface area contributed by atoms with Crippen molar-refractivity contribution < 1.29 is 9.32 Å². The van der Waals surface area contributed by atoms with Crippen molar-refractivity contribution in [1.29, 1.82) is 0 Å². The van der Waals surface area contributed by atoms with Gasteiger partial charge in [0.1, 0.15) is 5.69 Å². The van der Waals surface area contributed by atoms with Gasteiger partial charge < -0.3 is 14.8 Å². The second-order valence-electron chi connectivity index (χ2n) is 6.91. The number of aromatic nitrogens is 2. The monoisotopic (exact) mass is 330 g/mol. The van der Waals surface area contributed by atoms with Crippen LogP contribution in [0, 0.1) is 5.92 Å². The second kappa shape index (κ2) is 7.66. The summed E-state index contributed by atoms with van der Waals surface area (Å²) in [7, 11) is 0. The lowest BCUT2D eigenvalue weighted by Crippen LogP contribution is -2.40. The number of H-pyrrole nitrogens is 1. The van der Waals surface area contributed by atoms with Gasteiger partial charge in [0.05, 0.1) is 12.2 Å². The molecular formula is C18H26N4O2. The Morgan fingerprint density at radius 2 is 2.42 bits per heavy atom. The molecule has 0 saturated carbocycles. The number of nitrogens with one attached hydrogen (secondary N) is 2. The highest BCUT2D eigenvalue weighted by molar-refractivity contribution is 5.92. The van der Waals surface area contributed by atoms with Crippen molar-refractivity contribution in [2.24, 2.45) is 5.92 Å². The Hall–Kier alpha value is -2.08. The first-order chi connectivity index (χ1) is 11.6. The van der Waals surface area contributed by atoms with E-state index in [1.807, 2.05) is 6.07 Å². The predicted octanol–water partition coefficient (Wildman–Crippen LogP) is 2.77. The summed E-state index contributed by atoms with van der Waals surface area (Å²) in [6.07, 6.45) is 4.06. The summed E-state index contributed by atoms with van der Waals surface area (Å²) >= 11 is 0. The van der Waals surface area contributed by atoms with Crippen LogP contribution in [-0.4, -0.2) is 40.6 Å². The molecule has 2 aromatic heterocycles. The van der Waals surface area contributed by atoms with Gasteiger partial charge >= 0.3 is 0 Å². The lowest BCUT2D eigenvalue weighted by Gasteiger charge is -2.32. The number of hydrogen-bond donors (Lipinski definition) is 2. The highest BCUT2D eigenvalue weighted by Crippen LogP contribution is 2.20. The molecule has 1 aliphatic heterocycles. The SMILES string of the molecule is CC(C)c1cc(CN2CCCC(CNC(=O)c3ccc[nH]3)C2)on1. The molecule has 1 aliphatic rings. The van der Waals surface area contributed by atoms with Crippen LogP contribution in [0.2, 0.25) is 0 Å². The summed E-state index contributed by atoms with van der Waals surface area (Å²) in [5.41, 5.74) is 1.63. The smallest absolute Gasteiger partial charge is 0.267 e. The first kappa shape index (κ1) is 16.8. The Bertz CT molecular complexity index is 648. The van der Waals surface area contributed by atoms with E-state index >= 15 is 0 Å². The zero-order chi connectivity index (χ0) is 16.9. The van der Waals surface area contributed by atoms with Gasteiger partial charge in [-0.3, -0.25) is 9.69 Å². The third-order valence-electron chi connectivity index (χ3n) is 4.55. The summed E-state index contributed by atoms with van der Waals surface area (Å²) in [6, 6.07) is 5.68. The van der Waals surface area contributed by atoms with E-state index in [0.29, 0.717) is 24.1 Å². The van der Waals surface area contributed by atoms with Crippen LogP contribution < -0.4 is 5.32 Å². The van der Waals surface area contributed by atoms with Gasteiger partial charge in [0.15, 0.2) is 5.76 Å². The second-order valence-corrected chi connectivity index (χ2v) is 6.91. The molecular weight excluding hydrogens is 304 g/mol. The minimum absolute atomic E-state index is 0.0334. The van der Waals surface area contributed by atoms with Gasteiger partial charge in [-0.1, -0.05) is 19.0 Å². The van der Waals surface area contributed by atoms with Crippen molar-refractivity contribution in [2.75, 3.05) is 19.6 Å². The number of hydrogen-bond acceptors (Lipinski definition) is 4. The van der Waals surface area contributed by atoms with E-state index in [1.165, 1.54) is 0 Å². The van der Waals surface area contributed by atoms with E-state index in [1.54, 1.807) is 12.3 Å². The Kier molecular flexibility index (Phi) is 5.35. The largest absolute Gasteiger partial charge is 0.360 e. The number of rotatable bonds is 6. The van der Waals surface area contributed by atoms with Crippen LogP contribution in [0.1, 0.15) is 54.5 Å². The molecule has 1 saturated heterocycles. The Balaban J connectivity index is 1.48. The summed E-state index contributed by atoms with van der Waals surface area (Å²) in [5, 5.41) is 7.15.